The summed E-state index contributed by atoms with van der Waals surface area (Å²) in [5.41, 5.74) is 0. The van der Waals surface area contributed by atoms with Crippen LogP contribution < -0.4 is 5.32 Å². The number of carbonyl (C=O) groups excluding carboxylic acids is 1. The fourth-order valence-electron chi connectivity index (χ4n) is 1.32. The van der Waals surface area contributed by atoms with Crippen molar-refractivity contribution in [1.82, 2.24) is 5.32 Å². The topological polar surface area (TPSA) is 86.6 Å². The number of carboxylic acid groups (broad SMARTS) is 1. The second-order valence-electron chi connectivity index (χ2n) is 4.71. The molecule has 3 N–H and O–H groups in total. The SMILES string of the molecule is CC(C)C[C@H](O)C(=O)N[C@H](C(=O)O)C(C)C. The van der Waals surface area contributed by atoms with Gasteiger partial charge in [0.05, 0.1) is 0 Å². The molecular weight excluding hydrogens is 210 g/mol. The van der Waals surface area contributed by atoms with E-state index in [0.29, 0.717) is 6.42 Å². The lowest BCUT2D eigenvalue weighted by Crippen LogP contribution is -2.48. The van der Waals surface area contributed by atoms with Gasteiger partial charge in [-0.3, -0.25) is 4.79 Å². The summed E-state index contributed by atoms with van der Waals surface area (Å²) in [6.07, 6.45) is -0.809. The highest BCUT2D eigenvalue weighted by atomic mass is 16.4. The van der Waals surface area contributed by atoms with Crippen LogP contribution in [0.3, 0.4) is 0 Å². The number of amides is 1. The molecule has 0 aliphatic heterocycles. The highest BCUT2D eigenvalue weighted by Crippen LogP contribution is 2.07. The minimum atomic E-state index is -1.14. The number of rotatable bonds is 6. The monoisotopic (exact) mass is 231 g/mol. The Balaban J connectivity index is 4.35. The van der Waals surface area contributed by atoms with Crippen molar-refractivity contribution in [3.63, 3.8) is 0 Å². The molecule has 0 aromatic carbocycles. The summed E-state index contributed by atoms with van der Waals surface area (Å²) < 4.78 is 0. The van der Waals surface area contributed by atoms with Crippen LogP contribution in [0.1, 0.15) is 34.1 Å². The van der Waals surface area contributed by atoms with Gasteiger partial charge in [0.15, 0.2) is 0 Å². The zero-order chi connectivity index (χ0) is 12.9. The quantitative estimate of drug-likeness (QED) is 0.625. The van der Waals surface area contributed by atoms with Crippen molar-refractivity contribution in [2.45, 2.75) is 46.3 Å². The van der Waals surface area contributed by atoms with Gasteiger partial charge in [-0.05, 0) is 18.3 Å². The first kappa shape index (κ1) is 14.9. The third-order valence-corrected chi connectivity index (χ3v) is 2.23. The van der Waals surface area contributed by atoms with E-state index in [0.717, 1.165) is 0 Å². The van der Waals surface area contributed by atoms with Crippen LogP contribution in [0.2, 0.25) is 0 Å². The average molecular weight is 231 g/mol. The van der Waals surface area contributed by atoms with Crippen molar-refractivity contribution in [1.29, 1.82) is 0 Å². The molecule has 0 heterocycles. The van der Waals surface area contributed by atoms with Crippen LogP contribution in [0.5, 0.6) is 0 Å². The first-order valence-corrected chi connectivity index (χ1v) is 5.47. The van der Waals surface area contributed by atoms with Crippen LogP contribution in [0.15, 0.2) is 0 Å². The minimum Gasteiger partial charge on any atom is -0.480 e. The van der Waals surface area contributed by atoms with E-state index in [4.69, 9.17) is 5.11 Å². The molecule has 94 valence electrons. The number of carbonyl (C=O) groups is 2. The van der Waals surface area contributed by atoms with Crippen LogP contribution in [-0.2, 0) is 9.59 Å². The molecule has 5 heteroatoms. The summed E-state index contributed by atoms with van der Waals surface area (Å²) >= 11 is 0. The second-order valence-corrected chi connectivity index (χ2v) is 4.71. The molecule has 0 spiro atoms. The Hall–Kier alpha value is -1.10. The molecule has 0 aliphatic rings. The van der Waals surface area contributed by atoms with Crippen molar-refractivity contribution in [3.05, 3.63) is 0 Å². The molecular formula is C11H21NO4. The predicted octanol–water partition coefficient (Wildman–Crippen LogP) is 0.619. The molecule has 0 unspecified atom stereocenters. The molecule has 0 fully saturated rings. The van der Waals surface area contributed by atoms with Gasteiger partial charge in [0.1, 0.15) is 12.1 Å². The smallest absolute Gasteiger partial charge is 0.326 e. The van der Waals surface area contributed by atoms with Crippen molar-refractivity contribution in [3.8, 4) is 0 Å². The normalized spacial score (nSPS) is 14.9. The van der Waals surface area contributed by atoms with Gasteiger partial charge in [0.2, 0.25) is 5.91 Å². The predicted molar refractivity (Wildman–Crippen MR) is 59.9 cm³/mol. The van der Waals surface area contributed by atoms with Crippen LogP contribution in [0.4, 0.5) is 0 Å². The Morgan fingerprint density at radius 2 is 1.69 bits per heavy atom. The van der Waals surface area contributed by atoms with E-state index >= 15 is 0 Å². The molecule has 0 radical (unpaired) electrons. The van der Waals surface area contributed by atoms with E-state index in [1.807, 2.05) is 13.8 Å². The zero-order valence-electron chi connectivity index (χ0n) is 10.2. The number of carboxylic acids is 1. The molecule has 2 atom stereocenters. The van der Waals surface area contributed by atoms with E-state index in [2.05, 4.69) is 5.32 Å². The lowest BCUT2D eigenvalue weighted by Gasteiger charge is -2.20. The van der Waals surface area contributed by atoms with Crippen molar-refractivity contribution in [2.75, 3.05) is 0 Å². The third kappa shape index (κ3) is 5.11. The molecule has 0 rings (SSSR count). The number of aliphatic hydroxyl groups excluding tert-OH is 1. The van der Waals surface area contributed by atoms with Crippen molar-refractivity contribution < 1.29 is 19.8 Å². The van der Waals surface area contributed by atoms with Crippen LogP contribution in [0, 0.1) is 11.8 Å². The second kappa shape index (κ2) is 6.48. The zero-order valence-corrected chi connectivity index (χ0v) is 10.2. The Morgan fingerprint density at radius 1 is 1.19 bits per heavy atom. The first-order chi connectivity index (χ1) is 7.25. The maximum absolute atomic E-state index is 11.5. The average Bonchev–Trinajstić information content (AvgIpc) is 2.11. The molecule has 0 aromatic rings. The van der Waals surface area contributed by atoms with E-state index in [9.17, 15) is 14.7 Å². The number of hydrogen-bond donors (Lipinski definition) is 3. The lowest BCUT2D eigenvalue weighted by atomic mass is 10.0. The molecule has 0 aliphatic carbocycles. The van der Waals surface area contributed by atoms with E-state index in [1.54, 1.807) is 13.8 Å². The number of aliphatic hydroxyl groups is 1. The van der Waals surface area contributed by atoms with Gasteiger partial charge >= 0.3 is 5.97 Å². The van der Waals surface area contributed by atoms with E-state index in [1.165, 1.54) is 0 Å². The van der Waals surface area contributed by atoms with Gasteiger partial charge in [0, 0.05) is 0 Å². The summed E-state index contributed by atoms with van der Waals surface area (Å²) in [5, 5.41) is 20.7. The molecule has 0 aromatic heterocycles. The Bertz CT molecular complexity index is 250. The number of hydrogen-bond acceptors (Lipinski definition) is 3. The van der Waals surface area contributed by atoms with Gasteiger partial charge in [-0.1, -0.05) is 27.7 Å². The van der Waals surface area contributed by atoms with Crippen molar-refractivity contribution >= 4 is 11.9 Å². The Labute approximate surface area is 95.9 Å². The molecule has 5 nitrogen and oxygen atoms in total. The highest BCUT2D eigenvalue weighted by Gasteiger charge is 2.26. The largest absolute Gasteiger partial charge is 0.480 e. The van der Waals surface area contributed by atoms with Crippen LogP contribution >= 0.6 is 0 Å². The summed E-state index contributed by atoms with van der Waals surface area (Å²) in [4.78, 5) is 22.3. The molecule has 0 bridgehead atoms. The maximum Gasteiger partial charge on any atom is 0.326 e. The highest BCUT2D eigenvalue weighted by molar-refractivity contribution is 5.86. The number of nitrogens with one attached hydrogen (secondary N) is 1. The number of aliphatic carboxylic acids is 1. The van der Waals surface area contributed by atoms with E-state index < -0.39 is 24.0 Å². The standard InChI is InChI=1S/C11H21NO4/c1-6(2)5-8(13)10(14)12-9(7(3)4)11(15)16/h6-9,13H,5H2,1-4H3,(H,12,14)(H,15,16)/t8-,9-/m0/s1. The van der Waals surface area contributed by atoms with Crippen molar-refractivity contribution in [2.24, 2.45) is 11.8 Å². The molecule has 16 heavy (non-hydrogen) atoms. The summed E-state index contributed by atoms with van der Waals surface area (Å²) in [5.74, 6) is -1.73. The summed E-state index contributed by atoms with van der Waals surface area (Å²) in [7, 11) is 0. The molecule has 0 saturated carbocycles. The van der Waals surface area contributed by atoms with Gasteiger partial charge < -0.3 is 15.5 Å². The van der Waals surface area contributed by atoms with Gasteiger partial charge in [0.25, 0.3) is 0 Å². The first-order valence-electron chi connectivity index (χ1n) is 5.47. The molecule has 0 saturated heterocycles. The van der Waals surface area contributed by atoms with Gasteiger partial charge in [-0.15, -0.1) is 0 Å². The van der Waals surface area contributed by atoms with Gasteiger partial charge in [-0.2, -0.15) is 0 Å². The Kier molecular flexibility index (Phi) is 6.03. The lowest BCUT2D eigenvalue weighted by molar-refractivity contribution is -0.144. The fraction of sp³-hybridized carbons (Fsp3) is 0.818. The van der Waals surface area contributed by atoms with Crippen LogP contribution in [-0.4, -0.2) is 34.2 Å². The van der Waals surface area contributed by atoms with Gasteiger partial charge in [-0.25, -0.2) is 4.79 Å². The molecule has 1 amide bonds. The minimum absolute atomic E-state index is 0.183. The fourth-order valence-corrected chi connectivity index (χ4v) is 1.32. The van der Waals surface area contributed by atoms with E-state index in [-0.39, 0.29) is 11.8 Å². The third-order valence-electron chi connectivity index (χ3n) is 2.23. The summed E-state index contributed by atoms with van der Waals surface area (Å²) in [6.45, 7) is 7.17. The maximum atomic E-state index is 11.5. The Morgan fingerprint density at radius 3 is 2.00 bits per heavy atom. The summed E-state index contributed by atoms with van der Waals surface area (Å²) in [6, 6.07) is -0.950. The van der Waals surface area contributed by atoms with Crippen LogP contribution in [0.25, 0.3) is 0 Å².